The van der Waals surface area contributed by atoms with E-state index in [4.69, 9.17) is 21.1 Å². The first kappa shape index (κ1) is 22.0. The molecule has 0 spiro atoms. The SMILES string of the molecule is CCC12CCC3C4CCC(=O)C=C4CCC3C1CCC2OC(=O)COc1ccccc1Cl. The van der Waals surface area contributed by atoms with Gasteiger partial charge < -0.3 is 9.47 Å². The number of halogens is 1. The minimum absolute atomic E-state index is 0.0225. The zero-order valence-electron chi connectivity index (χ0n) is 18.9. The fourth-order valence-corrected chi connectivity index (χ4v) is 7.87. The van der Waals surface area contributed by atoms with Crippen LogP contribution >= 0.6 is 11.6 Å². The lowest BCUT2D eigenvalue weighted by Crippen LogP contribution is -2.49. The molecule has 0 aliphatic heterocycles. The Morgan fingerprint density at radius 3 is 2.75 bits per heavy atom. The Hall–Kier alpha value is -1.81. The second-order valence-corrected chi connectivity index (χ2v) is 10.6. The average molecular weight is 457 g/mol. The lowest BCUT2D eigenvalue weighted by Gasteiger charge is -2.54. The molecule has 0 bridgehead atoms. The number of hydrogen-bond acceptors (Lipinski definition) is 4. The number of carbonyl (C=O) groups is 2. The molecule has 4 aliphatic rings. The maximum atomic E-state index is 12.7. The van der Waals surface area contributed by atoms with E-state index < -0.39 is 0 Å². The quantitative estimate of drug-likeness (QED) is 0.497. The first-order valence-electron chi connectivity index (χ1n) is 12.3. The number of allylic oxidation sites excluding steroid dienone is 1. The van der Waals surface area contributed by atoms with Crippen LogP contribution in [0.4, 0.5) is 0 Å². The molecule has 5 rings (SSSR count). The Kier molecular flexibility index (Phi) is 6.09. The van der Waals surface area contributed by atoms with Crippen LogP contribution in [0.3, 0.4) is 0 Å². The highest BCUT2D eigenvalue weighted by atomic mass is 35.5. The van der Waals surface area contributed by atoms with Crippen molar-refractivity contribution in [2.24, 2.45) is 29.1 Å². The van der Waals surface area contributed by atoms with Crippen LogP contribution in [0.2, 0.25) is 5.02 Å². The van der Waals surface area contributed by atoms with Crippen LogP contribution in [-0.2, 0) is 14.3 Å². The monoisotopic (exact) mass is 456 g/mol. The van der Waals surface area contributed by atoms with E-state index in [0.29, 0.717) is 46.6 Å². The van der Waals surface area contributed by atoms with Gasteiger partial charge in [0.25, 0.3) is 0 Å². The lowest BCUT2D eigenvalue weighted by atomic mass is 9.51. The summed E-state index contributed by atoms with van der Waals surface area (Å²) in [6.45, 7) is 2.16. The number of rotatable bonds is 5. The summed E-state index contributed by atoms with van der Waals surface area (Å²) < 4.78 is 11.7. The topological polar surface area (TPSA) is 52.6 Å². The van der Waals surface area contributed by atoms with Crippen molar-refractivity contribution in [2.45, 2.75) is 70.8 Å². The highest BCUT2D eigenvalue weighted by molar-refractivity contribution is 6.32. The molecule has 6 unspecified atom stereocenters. The summed E-state index contributed by atoms with van der Waals surface area (Å²) in [6, 6.07) is 7.19. The van der Waals surface area contributed by atoms with Gasteiger partial charge in [-0.3, -0.25) is 4.79 Å². The van der Waals surface area contributed by atoms with Gasteiger partial charge in [0.05, 0.1) is 5.02 Å². The van der Waals surface area contributed by atoms with Gasteiger partial charge in [0.15, 0.2) is 12.4 Å². The van der Waals surface area contributed by atoms with Gasteiger partial charge in [0.1, 0.15) is 11.9 Å². The number of hydrogen-bond donors (Lipinski definition) is 0. The Morgan fingerprint density at radius 1 is 1.09 bits per heavy atom. The average Bonchev–Trinajstić information content (AvgIpc) is 3.16. The van der Waals surface area contributed by atoms with Crippen LogP contribution in [0.15, 0.2) is 35.9 Å². The largest absolute Gasteiger partial charge is 0.480 e. The number of benzene rings is 1. The van der Waals surface area contributed by atoms with Gasteiger partial charge >= 0.3 is 5.97 Å². The van der Waals surface area contributed by atoms with Crippen LogP contribution < -0.4 is 4.74 Å². The van der Waals surface area contributed by atoms with Crippen molar-refractivity contribution in [2.75, 3.05) is 6.61 Å². The molecule has 1 aromatic rings. The fraction of sp³-hybridized carbons (Fsp3) is 0.630. The zero-order valence-corrected chi connectivity index (χ0v) is 19.6. The molecule has 4 aliphatic carbocycles. The molecule has 0 aromatic heterocycles. The molecule has 32 heavy (non-hydrogen) atoms. The third-order valence-corrected chi connectivity index (χ3v) is 9.36. The summed E-state index contributed by atoms with van der Waals surface area (Å²) in [5.74, 6) is 3.15. The third-order valence-electron chi connectivity index (χ3n) is 9.05. The van der Waals surface area contributed by atoms with Crippen molar-refractivity contribution < 1.29 is 19.1 Å². The Morgan fingerprint density at radius 2 is 1.94 bits per heavy atom. The minimum atomic E-state index is -0.301. The molecular weight excluding hydrogens is 424 g/mol. The van der Waals surface area contributed by atoms with E-state index >= 15 is 0 Å². The smallest absolute Gasteiger partial charge is 0.344 e. The summed E-state index contributed by atoms with van der Waals surface area (Å²) in [7, 11) is 0. The number of esters is 1. The molecule has 3 saturated carbocycles. The first-order chi connectivity index (χ1) is 15.5. The third kappa shape index (κ3) is 3.79. The lowest BCUT2D eigenvalue weighted by molar-refractivity contribution is -0.163. The second kappa shape index (κ2) is 8.85. The zero-order chi connectivity index (χ0) is 22.3. The maximum Gasteiger partial charge on any atom is 0.344 e. The van der Waals surface area contributed by atoms with E-state index in [1.165, 1.54) is 18.4 Å². The van der Waals surface area contributed by atoms with Gasteiger partial charge in [-0.1, -0.05) is 36.2 Å². The first-order valence-corrected chi connectivity index (χ1v) is 12.7. The van der Waals surface area contributed by atoms with Crippen LogP contribution in [-0.4, -0.2) is 24.5 Å². The van der Waals surface area contributed by atoms with E-state index in [0.717, 1.165) is 38.5 Å². The van der Waals surface area contributed by atoms with Crippen molar-refractivity contribution >= 4 is 23.4 Å². The van der Waals surface area contributed by atoms with Crippen LogP contribution in [0.1, 0.15) is 64.7 Å². The molecule has 6 atom stereocenters. The van der Waals surface area contributed by atoms with Crippen molar-refractivity contribution in [3.8, 4) is 5.75 Å². The Bertz CT molecular complexity index is 924. The van der Waals surface area contributed by atoms with Gasteiger partial charge in [-0.05, 0) is 93.2 Å². The summed E-state index contributed by atoms with van der Waals surface area (Å²) in [4.78, 5) is 24.6. The van der Waals surface area contributed by atoms with Gasteiger partial charge in [0.2, 0.25) is 0 Å². The Labute approximate surface area is 195 Å². The highest BCUT2D eigenvalue weighted by Crippen LogP contribution is 2.63. The molecule has 0 saturated heterocycles. The van der Waals surface area contributed by atoms with Gasteiger partial charge in [-0.25, -0.2) is 4.79 Å². The molecule has 5 heteroatoms. The van der Waals surface area contributed by atoms with Crippen LogP contribution in [0.25, 0.3) is 0 Å². The van der Waals surface area contributed by atoms with Crippen molar-refractivity contribution in [3.63, 3.8) is 0 Å². The fourth-order valence-electron chi connectivity index (χ4n) is 7.68. The molecule has 0 heterocycles. The van der Waals surface area contributed by atoms with Crippen LogP contribution in [0, 0.1) is 29.1 Å². The maximum absolute atomic E-state index is 12.7. The van der Waals surface area contributed by atoms with Gasteiger partial charge in [-0.2, -0.15) is 0 Å². The van der Waals surface area contributed by atoms with Crippen molar-refractivity contribution in [3.05, 3.63) is 40.9 Å². The molecule has 0 radical (unpaired) electrons. The molecule has 0 N–H and O–H groups in total. The molecule has 0 amide bonds. The molecule has 4 nitrogen and oxygen atoms in total. The van der Waals surface area contributed by atoms with E-state index in [1.54, 1.807) is 12.1 Å². The summed E-state index contributed by atoms with van der Waals surface area (Å²) in [5.41, 5.74) is 1.51. The van der Waals surface area contributed by atoms with Crippen molar-refractivity contribution in [1.82, 2.24) is 0 Å². The number of ketones is 1. The molecule has 172 valence electrons. The summed E-state index contributed by atoms with van der Waals surface area (Å²) >= 11 is 6.14. The molecular formula is C27H33ClO4. The van der Waals surface area contributed by atoms with E-state index in [1.807, 2.05) is 18.2 Å². The number of ether oxygens (including phenoxy) is 2. The minimum Gasteiger partial charge on any atom is -0.480 e. The summed E-state index contributed by atoms with van der Waals surface area (Å²) in [6.07, 6.45) is 11.4. The number of fused-ring (bicyclic) bond motifs is 5. The van der Waals surface area contributed by atoms with Gasteiger partial charge in [0, 0.05) is 11.8 Å². The molecule has 3 fully saturated rings. The summed E-state index contributed by atoms with van der Waals surface area (Å²) in [5, 5.41) is 0.500. The van der Waals surface area contributed by atoms with Crippen molar-refractivity contribution in [1.29, 1.82) is 0 Å². The normalized spacial score (nSPS) is 35.9. The van der Waals surface area contributed by atoms with E-state index in [9.17, 15) is 9.59 Å². The van der Waals surface area contributed by atoms with Crippen LogP contribution in [0.5, 0.6) is 5.75 Å². The Balaban J connectivity index is 1.26. The van der Waals surface area contributed by atoms with E-state index in [-0.39, 0.29) is 24.1 Å². The van der Waals surface area contributed by atoms with Gasteiger partial charge in [-0.15, -0.1) is 0 Å². The number of para-hydroxylation sites is 1. The highest BCUT2D eigenvalue weighted by Gasteiger charge is 2.58. The predicted molar refractivity (Wildman–Crippen MR) is 124 cm³/mol. The number of carbonyl (C=O) groups excluding carboxylic acids is 2. The van der Waals surface area contributed by atoms with E-state index in [2.05, 4.69) is 6.92 Å². The standard InChI is InChI=1S/C27H33ClO4/c1-2-27-14-13-20-19-10-8-18(29)15-17(19)7-9-21(20)22(27)11-12-25(27)32-26(30)16-31-24-6-4-3-5-23(24)28/h3-6,15,19-22,25H,2,7-14,16H2,1H3. The predicted octanol–water partition coefficient (Wildman–Crippen LogP) is 6.16. The second-order valence-electron chi connectivity index (χ2n) is 10.2. The molecule has 1 aromatic carbocycles.